The van der Waals surface area contributed by atoms with Gasteiger partial charge in [-0.25, -0.2) is 8.42 Å². The van der Waals surface area contributed by atoms with Gasteiger partial charge in [0.05, 0.1) is 15.4 Å². The van der Waals surface area contributed by atoms with Gasteiger partial charge in [-0.1, -0.05) is 5.92 Å². The highest BCUT2D eigenvalue weighted by Gasteiger charge is 2.18. The van der Waals surface area contributed by atoms with E-state index in [4.69, 9.17) is 11.5 Å². The van der Waals surface area contributed by atoms with Gasteiger partial charge in [0.25, 0.3) is 0 Å². The summed E-state index contributed by atoms with van der Waals surface area (Å²) in [5.41, 5.74) is 0.111. The second-order valence-corrected chi connectivity index (χ2v) is 5.77. The van der Waals surface area contributed by atoms with Crippen molar-refractivity contribution in [3.8, 4) is 23.8 Å². The molecule has 2 aromatic carbocycles. The van der Waals surface area contributed by atoms with Gasteiger partial charge in [-0.05, 0) is 42.5 Å². The largest absolute Gasteiger partial charge is 0.508 e. The number of hydrogen-bond donors (Lipinski definition) is 2. The Labute approximate surface area is 110 Å². The Bertz CT molecular complexity index is 753. The van der Waals surface area contributed by atoms with Crippen molar-refractivity contribution in [2.45, 2.75) is 9.79 Å². The van der Waals surface area contributed by atoms with Crippen LogP contribution in [-0.2, 0) is 9.84 Å². The lowest BCUT2D eigenvalue weighted by Gasteiger charge is -2.06. The van der Waals surface area contributed by atoms with Crippen LogP contribution in [0.1, 0.15) is 5.56 Å². The first kappa shape index (κ1) is 13.0. The predicted octanol–water partition coefficient (Wildman–Crippen LogP) is 1.91. The van der Waals surface area contributed by atoms with Crippen LogP contribution < -0.4 is 0 Å². The van der Waals surface area contributed by atoms with Crippen LogP contribution in [-0.4, -0.2) is 18.6 Å². The normalized spacial score (nSPS) is 10.9. The van der Waals surface area contributed by atoms with E-state index in [1.165, 1.54) is 42.5 Å². The van der Waals surface area contributed by atoms with Gasteiger partial charge in [-0.3, -0.25) is 0 Å². The second-order valence-electron chi connectivity index (χ2n) is 3.82. The Morgan fingerprint density at radius 2 is 1.53 bits per heavy atom. The minimum Gasteiger partial charge on any atom is -0.508 e. The Balaban J connectivity index is 2.57. The lowest BCUT2D eigenvalue weighted by atomic mass is 10.2. The molecule has 0 saturated heterocycles. The van der Waals surface area contributed by atoms with Gasteiger partial charge in [0.15, 0.2) is 0 Å². The Morgan fingerprint density at radius 1 is 0.947 bits per heavy atom. The molecule has 0 aromatic heterocycles. The average molecular weight is 274 g/mol. The number of terminal acetylenes is 1. The van der Waals surface area contributed by atoms with E-state index in [0.717, 1.165) is 0 Å². The summed E-state index contributed by atoms with van der Waals surface area (Å²) in [6.45, 7) is 0. The number of phenolic OH excluding ortho intramolecular Hbond substituents is 2. The number of sulfone groups is 1. The number of rotatable bonds is 2. The van der Waals surface area contributed by atoms with Gasteiger partial charge in [-0.15, -0.1) is 6.42 Å². The fourth-order valence-corrected chi connectivity index (χ4v) is 2.85. The molecule has 0 fully saturated rings. The third-order valence-electron chi connectivity index (χ3n) is 2.58. The van der Waals surface area contributed by atoms with E-state index in [0.29, 0.717) is 0 Å². The fourth-order valence-electron chi connectivity index (χ4n) is 1.56. The average Bonchev–Trinajstić information content (AvgIpc) is 2.39. The summed E-state index contributed by atoms with van der Waals surface area (Å²) in [5.74, 6) is 2.05. The van der Waals surface area contributed by atoms with Gasteiger partial charge in [0.1, 0.15) is 11.5 Å². The molecule has 0 aliphatic heterocycles. The summed E-state index contributed by atoms with van der Waals surface area (Å²) in [6, 6.07) is 8.92. The first-order chi connectivity index (χ1) is 8.95. The molecule has 2 rings (SSSR count). The molecule has 0 spiro atoms. The monoisotopic (exact) mass is 274 g/mol. The summed E-state index contributed by atoms with van der Waals surface area (Å²) >= 11 is 0. The second kappa shape index (κ2) is 4.67. The molecule has 4 nitrogen and oxygen atoms in total. The zero-order valence-electron chi connectivity index (χ0n) is 9.74. The van der Waals surface area contributed by atoms with Crippen LogP contribution in [0.2, 0.25) is 0 Å². The molecule has 0 aliphatic carbocycles. The van der Waals surface area contributed by atoms with Gasteiger partial charge >= 0.3 is 0 Å². The van der Waals surface area contributed by atoms with E-state index >= 15 is 0 Å². The molecule has 96 valence electrons. The molecule has 5 heteroatoms. The topological polar surface area (TPSA) is 74.6 Å². The molecule has 0 heterocycles. The van der Waals surface area contributed by atoms with Crippen LogP contribution in [0.4, 0.5) is 0 Å². The maximum absolute atomic E-state index is 12.3. The molecule has 0 bridgehead atoms. The van der Waals surface area contributed by atoms with Crippen LogP contribution in [0.15, 0.2) is 52.3 Å². The van der Waals surface area contributed by atoms with Crippen LogP contribution in [0, 0.1) is 12.3 Å². The highest BCUT2D eigenvalue weighted by molar-refractivity contribution is 7.91. The van der Waals surface area contributed by atoms with Crippen molar-refractivity contribution in [1.29, 1.82) is 0 Å². The van der Waals surface area contributed by atoms with Crippen LogP contribution in [0.5, 0.6) is 11.5 Å². The minimum atomic E-state index is -3.72. The standard InChI is InChI=1S/C14H10O4S/c1-2-10-9-13(7-8-14(10)16)19(17,18)12-5-3-11(15)4-6-12/h1,3-9,15-16H. The number of aromatic hydroxyl groups is 2. The van der Waals surface area contributed by atoms with Crippen LogP contribution >= 0.6 is 0 Å². The zero-order valence-corrected chi connectivity index (χ0v) is 10.6. The summed E-state index contributed by atoms with van der Waals surface area (Å²) < 4.78 is 24.6. The maximum atomic E-state index is 12.3. The molecule has 0 atom stereocenters. The molecular weight excluding hydrogens is 264 g/mol. The molecule has 0 amide bonds. The van der Waals surface area contributed by atoms with E-state index in [2.05, 4.69) is 5.92 Å². The lowest BCUT2D eigenvalue weighted by Crippen LogP contribution is -2.02. The van der Waals surface area contributed by atoms with Crippen molar-refractivity contribution in [1.82, 2.24) is 0 Å². The smallest absolute Gasteiger partial charge is 0.206 e. The Morgan fingerprint density at radius 3 is 2.11 bits per heavy atom. The van der Waals surface area contributed by atoms with Crippen molar-refractivity contribution in [3.05, 3.63) is 48.0 Å². The Hall–Kier alpha value is -2.45. The highest BCUT2D eigenvalue weighted by atomic mass is 32.2. The van der Waals surface area contributed by atoms with Crippen molar-refractivity contribution in [2.24, 2.45) is 0 Å². The van der Waals surface area contributed by atoms with Gasteiger partial charge in [0.2, 0.25) is 9.84 Å². The first-order valence-corrected chi connectivity index (χ1v) is 6.77. The summed E-state index contributed by atoms with van der Waals surface area (Å²) in [7, 11) is -3.72. The summed E-state index contributed by atoms with van der Waals surface area (Å²) in [6.07, 6.45) is 5.18. The highest BCUT2D eigenvalue weighted by Crippen LogP contribution is 2.26. The molecule has 19 heavy (non-hydrogen) atoms. The minimum absolute atomic E-state index is 0.0102. The summed E-state index contributed by atoms with van der Waals surface area (Å²) in [4.78, 5) is 0.0305. The molecule has 0 unspecified atom stereocenters. The quantitative estimate of drug-likeness (QED) is 0.820. The zero-order chi connectivity index (χ0) is 14.0. The van der Waals surface area contributed by atoms with Crippen LogP contribution in [0.3, 0.4) is 0 Å². The van der Waals surface area contributed by atoms with Crippen molar-refractivity contribution < 1.29 is 18.6 Å². The van der Waals surface area contributed by atoms with Crippen molar-refractivity contribution >= 4 is 9.84 Å². The molecule has 0 radical (unpaired) electrons. The maximum Gasteiger partial charge on any atom is 0.206 e. The molecule has 2 aromatic rings. The predicted molar refractivity (Wildman–Crippen MR) is 69.6 cm³/mol. The Kier molecular flexibility index (Phi) is 3.19. The third kappa shape index (κ3) is 2.39. The van der Waals surface area contributed by atoms with Crippen molar-refractivity contribution in [3.63, 3.8) is 0 Å². The van der Waals surface area contributed by atoms with E-state index in [-0.39, 0.29) is 26.9 Å². The molecule has 2 N–H and O–H groups in total. The van der Waals surface area contributed by atoms with Gasteiger partial charge in [0, 0.05) is 0 Å². The lowest BCUT2D eigenvalue weighted by molar-refractivity contribution is 0.473. The van der Waals surface area contributed by atoms with Crippen molar-refractivity contribution in [2.75, 3.05) is 0 Å². The SMILES string of the molecule is C#Cc1cc(S(=O)(=O)c2ccc(O)cc2)ccc1O. The number of benzene rings is 2. The van der Waals surface area contributed by atoms with E-state index in [1.54, 1.807) is 0 Å². The number of phenols is 2. The molecule has 0 aliphatic rings. The molecular formula is C14H10O4S. The van der Waals surface area contributed by atoms with Crippen LogP contribution in [0.25, 0.3) is 0 Å². The van der Waals surface area contributed by atoms with E-state index < -0.39 is 9.84 Å². The van der Waals surface area contributed by atoms with Gasteiger partial charge < -0.3 is 10.2 Å². The third-order valence-corrected chi connectivity index (χ3v) is 4.35. The number of hydrogen-bond acceptors (Lipinski definition) is 4. The van der Waals surface area contributed by atoms with Gasteiger partial charge in [-0.2, -0.15) is 0 Å². The molecule has 0 saturated carbocycles. The first-order valence-electron chi connectivity index (χ1n) is 5.29. The summed E-state index contributed by atoms with van der Waals surface area (Å²) in [5, 5.41) is 18.6. The van der Waals surface area contributed by atoms with E-state index in [9.17, 15) is 13.5 Å². The van der Waals surface area contributed by atoms with E-state index in [1.807, 2.05) is 0 Å². The fraction of sp³-hybridized carbons (Fsp3) is 0.